The molecule has 0 radical (unpaired) electrons. The average Bonchev–Trinajstić information content (AvgIpc) is 2.96. The first-order valence-corrected chi connectivity index (χ1v) is 13.4. The Hall–Kier alpha value is -2.58. The zero-order chi connectivity index (χ0) is 27.1. The van der Waals surface area contributed by atoms with Crippen molar-refractivity contribution in [3.05, 3.63) is 108 Å². The van der Waals surface area contributed by atoms with Gasteiger partial charge in [-0.3, -0.25) is 0 Å². The minimum Gasteiger partial charge on any atom is -0.352 e. The van der Waals surface area contributed by atoms with Gasteiger partial charge in [-0.1, -0.05) is 91.0 Å². The van der Waals surface area contributed by atoms with E-state index in [4.69, 9.17) is 28.4 Å². The van der Waals surface area contributed by atoms with Crippen molar-refractivity contribution in [1.29, 1.82) is 0 Å². The van der Waals surface area contributed by atoms with Crippen LogP contribution in [0, 0.1) is 5.41 Å². The summed E-state index contributed by atoms with van der Waals surface area (Å²) in [5, 5.41) is 0. The SMILES string of the molecule is CCOC(OCc1ccccc1)C(C)(C(OCC)OCc1ccccc1)C(OCC)OCc1ccccc1. The summed E-state index contributed by atoms with van der Waals surface area (Å²) in [5.41, 5.74) is 2.13. The summed E-state index contributed by atoms with van der Waals surface area (Å²) < 4.78 is 38.1. The molecule has 38 heavy (non-hydrogen) atoms. The fourth-order valence-electron chi connectivity index (χ4n) is 4.25. The van der Waals surface area contributed by atoms with Crippen LogP contribution in [0.4, 0.5) is 0 Å². The molecule has 3 unspecified atom stereocenters. The molecule has 0 spiro atoms. The van der Waals surface area contributed by atoms with Crippen LogP contribution in [0.2, 0.25) is 0 Å². The third kappa shape index (κ3) is 8.73. The van der Waals surface area contributed by atoms with Crippen molar-refractivity contribution >= 4 is 0 Å². The Bertz CT molecular complexity index is 868. The second-order valence-electron chi connectivity index (χ2n) is 9.12. The molecule has 0 saturated heterocycles. The highest BCUT2D eigenvalue weighted by Gasteiger charge is 2.53. The minimum absolute atomic E-state index is 0.357. The van der Waals surface area contributed by atoms with Gasteiger partial charge in [0.05, 0.1) is 19.8 Å². The molecule has 0 aliphatic heterocycles. The van der Waals surface area contributed by atoms with E-state index in [9.17, 15) is 0 Å². The van der Waals surface area contributed by atoms with Gasteiger partial charge in [0.2, 0.25) is 0 Å². The van der Waals surface area contributed by atoms with E-state index < -0.39 is 24.3 Å². The second-order valence-corrected chi connectivity index (χ2v) is 9.12. The first-order chi connectivity index (χ1) is 18.6. The highest BCUT2D eigenvalue weighted by molar-refractivity contribution is 5.15. The normalized spacial score (nSPS) is 15.5. The van der Waals surface area contributed by atoms with Gasteiger partial charge in [0.1, 0.15) is 5.41 Å². The topological polar surface area (TPSA) is 55.4 Å². The fraction of sp³-hybridized carbons (Fsp3) is 0.438. The van der Waals surface area contributed by atoms with Crippen LogP contribution in [-0.2, 0) is 48.2 Å². The molecular weight excluding hydrogens is 480 g/mol. The zero-order valence-corrected chi connectivity index (χ0v) is 23.1. The molecule has 0 amide bonds. The van der Waals surface area contributed by atoms with Gasteiger partial charge in [-0.15, -0.1) is 0 Å². The van der Waals surface area contributed by atoms with E-state index in [1.807, 2.05) is 119 Å². The van der Waals surface area contributed by atoms with Crippen molar-refractivity contribution in [2.45, 2.75) is 66.4 Å². The molecule has 3 aromatic rings. The number of hydrogen-bond acceptors (Lipinski definition) is 6. The van der Waals surface area contributed by atoms with Gasteiger partial charge >= 0.3 is 0 Å². The van der Waals surface area contributed by atoms with Crippen LogP contribution >= 0.6 is 0 Å². The molecule has 0 fully saturated rings. The van der Waals surface area contributed by atoms with E-state index in [1.54, 1.807) is 0 Å². The van der Waals surface area contributed by atoms with Crippen LogP contribution in [0.3, 0.4) is 0 Å². The Kier molecular flexibility index (Phi) is 12.9. The quantitative estimate of drug-likeness (QED) is 0.173. The summed E-state index contributed by atoms with van der Waals surface area (Å²) in [7, 11) is 0. The van der Waals surface area contributed by atoms with Crippen LogP contribution in [0.1, 0.15) is 44.4 Å². The van der Waals surface area contributed by atoms with E-state index in [-0.39, 0.29) is 0 Å². The molecular formula is C32H42O6. The summed E-state index contributed by atoms with van der Waals surface area (Å²) in [4.78, 5) is 0. The van der Waals surface area contributed by atoms with Crippen molar-refractivity contribution in [2.75, 3.05) is 19.8 Å². The third-order valence-corrected chi connectivity index (χ3v) is 6.21. The van der Waals surface area contributed by atoms with Crippen LogP contribution in [0.5, 0.6) is 0 Å². The molecule has 0 heterocycles. The molecule has 6 heteroatoms. The monoisotopic (exact) mass is 522 g/mol. The highest BCUT2D eigenvalue weighted by Crippen LogP contribution is 2.40. The van der Waals surface area contributed by atoms with Gasteiger partial charge in [0.15, 0.2) is 18.9 Å². The minimum atomic E-state index is -0.986. The van der Waals surface area contributed by atoms with Gasteiger partial charge in [0.25, 0.3) is 0 Å². The second kappa shape index (κ2) is 16.4. The largest absolute Gasteiger partial charge is 0.352 e. The predicted octanol–water partition coefficient (Wildman–Crippen LogP) is 6.73. The number of benzene rings is 3. The van der Waals surface area contributed by atoms with E-state index in [1.165, 1.54) is 0 Å². The zero-order valence-electron chi connectivity index (χ0n) is 23.1. The Labute approximate surface area is 227 Å². The lowest BCUT2D eigenvalue weighted by Crippen LogP contribution is -2.57. The molecule has 6 nitrogen and oxygen atoms in total. The van der Waals surface area contributed by atoms with E-state index >= 15 is 0 Å². The smallest absolute Gasteiger partial charge is 0.173 e. The summed E-state index contributed by atoms with van der Waals surface area (Å²) in [6, 6.07) is 30.1. The maximum Gasteiger partial charge on any atom is 0.173 e. The first kappa shape index (κ1) is 30.0. The Balaban J connectivity index is 1.94. The number of ether oxygens (including phenoxy) is 6. The molecule has 206 valence electrons. The molecule has 0 aliphatic rings. The molecule has 0 aliphatic carbocycles. The molecule has 0 N–H and O–H groups in total. The van der Waals surface area contributed by atoms with E-state index in [0.717, 1.165) is 16.7 Å². The standard InChI is InChI=1S/C32H42O6/c1-5-33-29(36-23-26-17-11-8-12-18-26)32(4,30(34-6-2)37-24-27-19-13-9-14-20-27)31(35-7-3)38-25-28-21-15-10-16-22-28/h8-22,29-31H,5-7,23-25H2,1-4H3. The Morgan fingerprint density at radius 1 is 0.447 bits per heavy atom. The predicted molar refractivity (Wildman–Crippen MR) is 148 cm³/mol. The number of rotatable bonds is 18. The molecule has 0 aromatic heterocycles. The fourth-order valence-corrected chi connectivity index (χ4v) is 4.25. The lowest BCUT2D eigenvalue weighted by molar-refractivity contribution is -0.361. The van der Waals surface area contributed by atoms with Crippen molar-refractivity contribution in [1.82, 2.24) is 0 Å². The maximum absolute atomic E-state index is 6.45. The van der Waals surface area contributed by atoms with Gasteiger partial charge in [-0.2, -0.15) is 0 Å². The molecule has 3 rings (SSSR count). The molecule has 3 atom stereocenters. The lowest BCUT2D eigenvalue weighted by Gasteiger charge is -2.45. The summed E-state index contributed by atoms with van der Waals surface area (Å²) in [6.45, 7) is 10.2. The van der Waals surface area contributed by atoms with Gasteiger partial charge in [0, 0.05) is 19.8 Å². The summed E-state index contributed by atoms with van der Waals surface area (Å²) in [6.07, 6.45) is -2.23. The van der Waals surface area contributed by atoms with E-state index in [2.05, 4.69) is 0 Å². The molecule has 0 saturated carbocycles. The van der Waals surface area contributed by atoms with Crippen LogP contribution in [-0.4, -0.2) is 38.7 Å². The summed E-state index contributed by atoms with van der Waals surface area (Å²) >= 11 is 0. The number of hydrogen-bond donors (Lipinski definition) is 0. The highest BCUT2D eigenvalue weighted by atomic mass is 16.7. The van der Waals surface area contributed by atoms with Crippen molar-refractivity contribution in [3.8, 4) is 0 Å². The van der Waals surface area contributed by atoms with Crippen LogP contribution < -0.4 is 0 Å². The van der Waals surface area contributed by atoms with Gasteiger partial charge in [-0.25, -0.2) is 0 Å². The van der Waals surface area contributed by atoms with Gasteiger partial charge < -0.3 is 28.4 Å². The Morgan fingerprint density at radius 2 is 0.711 bits per heavy atom. The van der Waals surface area contributed by atoms with Crippen LogP contribution in [0.15, 0.2) is 91.0 Å². The molecule has 0 bridgehead atoms. The first-order valence-electron chi connectivity index (χ1n) is 13.4. The van der Waals surface area contributed by atoms with Crippen LogP contribution in [0.25, 0.3) is 0 Å². The summed E-state index contributed by atoms with van der Waals surface area (Å²) in [5.74, 6) is 0. The van der Waals surface area contributed by atoms with Crippen molar-refractivity contribution < 1.29 is 28.4 Å². The lowest BCUT2D eigenvalue weighted by atomic mass is 9.86. The Morgan fingerprint density at radius 3 is 0.947 bits per heavy atom. The average molecular weight is 523 g/mol. The van der Waals surface area contributed by atoms with E-state index in [0.29, 0.717) is 39.6 Å². The maximum atomic E-state index is 6.45. The third-order valence-electron chi connectivity index (χ3n) is 6.21. The van der Waals surface area contributed by atoms with Gasteiger partial charge in [-0.05, 0) is 44.4 Å². The van der Waals surface area contributed by atoms with Crippen molar-refractivity contribution in [2.24, 2.45) is 5.41 Å². The van der Waals surface area contributed by atoms with Crippen molar-refractivity contribution in [3.63, 3.8) is 0 Å². The molecule has 3 aromatic carbocycles.